The lowest BCUT2D eigenvalue weighted by molar-refractivity contribution is -0.105. The van der Waals surface area contributed by atoms with Crippen LogP contribution in [0.5, 0.6) is 5.75 Å². The Morgan fingerprint density at radius 3 is 2.62 bits per heavy atom. The van der Waals surface area contributed by atoms with Crippen molar-refractivity contribution in [2.75, 3.05) is 6.61 Å². The smallest absolute Gasteiger partial charge is 0.266 e. The van der Waals surface area contributed by atoms with E-state index in [0.717, 1.165) is 30.8 Å². The molecule has 0 radical (unpaired) electrons. The molecule has 0 aliphatic carbocycles. The number of ether oxygens (including phenoxy) is 1. The zero-order valence-electron chi connectivity index (χ0n) is 17.4. The second-order valence-electron chi connectivity index (χ2n) is 8.55. The molecule has 2 aliphatic heterocycles. The molecule has 0 spiro atoms. The van der Waals surface area contributed by atoms with Gasteiger partial charge in [0.15, 0.2) is 0 Å². The highest BCUT2D eigenvalue weighted by atomic mass is 16.5. The molecule has 4 rings (SSSR count). The van der Waals surface area contributed by atoms with Crippen molar-refractivity contribution in [3.05, 3.63) is 58.0 Å². The second kappa shape index (κ2) is 8.28. The Morgan fingerprint density at radius 2 is 1.90 bits per heavy atom. The molecule has 3 heterocycles. The highest BCUT2D eigenvalue weighted by Crippen LogP contribution is 2.41. The van der Waals surface area contributed by atoms with E-state index in [2.05, 4.69) is 22.1 Å². The first kappa shape index (κ1) is 20.1. The van der Waals surface area contributed by atoms with Crippen molar-refractivity contribution < 1.29 is 9.84 Å². The van der Waals surface area contributed by atoms with E-state index < -0.39 is 5.60 Å². The van der Waals surface area contributed by atoms with Gasteiger partial charge in [0.1, 0.15) is 5.75 Å². The van der Waals surface area contributed by atoms with E-state index in [1.54, 1.807) is 6.07 Å². The van der Waals surface area contributed by atoms with Gasteiger partial charge in [-0.2, -0.15) is 5.10 Å². The van der Waals surface area contributed by atoms with Crippen molar-refractivity contribution in [1.82, 2.24) is 14.7 Å². The SMILES string of the molecule is CCOc1ccccc1CN1C2CCCC1CC(O)(Cn1nc(C)ccc1=O)C2. The molecule has 2 aromatic rings. The molecular weight excluding hydrogens is 366 g/mol. The molecule has 1 aromatic carbocycles. The number of nitrogens with zero attached hydrogens (tertiary/aromatic N) is 3. The fourth-order valence-corrected chi connectivity index (χ4v) is 5.08. The normalized spacial score (nSPS) is 27.0. The van der Waals surface area contributed by atoms with Gasteiger partial charge in [0.2, 0.25) is 0 Å². The van der Waals surface area contributed by atoms with Crippen molar-refractivity contribution in [3.63, 3.8) is 0 Å². The molecule has 2 unspecified atom stereocenters. The first-order valence-corrected chi connectivity index (χ1v) is 10.7. The van der Waals surface area contributed by atoms with Crippen LogP contribution in [0.4, 0.5) is 0 Å². The third kappa shape index (κ3) is 4.38. The Labute approximate surface area is 172 Å². The molecule has 1 aromatic heterocycles. The summed E-state index contributed by atoms with van der Waals surface area (Å²) in [4.78, 5) is 14.7. The quantitative estimate of drug-likeness (QED) is 0.812. The summed E-state index contributed by atoms with van der Waals surface area (Å²) in [5, 5.41) is 15.8. The Kier molecular flexibility index (Phi) is 5.74. The maximum absolute atomic E-state index is 12.2. The molecule has 2 bridgehead atoms. The third-order valence-corrected chi connectivity index (χ3v) is 6.31. The number of hydrogen-bond donors (Lipinski definition) is 1. The van der Waals surface area contributed by atoms with Gasteiger partial charge in [0.25, 0.3) is 5.56 Å². The number of aliphatic hydroxyl groups is 1. The van der Waals surface area contributed by atoms with Crippen LogP contribution < -0.4 is 10.3 Å². The van der Waals surface area contributed by atoms with Crippen LogP contribution in [-0.2, 0) is 13.1 Å². The molecule has 0 amide bonds. The summed E-state index contributed by atoms with van der Waals surface area (Å²) in [6, 6.07) is 12.1. The number of fused-ring (bicyclic) bond motifs is 2. The summed E-state index contributed by atoms with van der Waals surface area (Å²) in [5.74, 6) is 0.949. The lowest BCUT2D eigenvalue weighted by atomic mass is 9.75. The minimum atomic E-state index is -0.893. The molecule has 2 fully saturated rings. The first-order valence-electron chi connectivity index (χ1n) is 10.7. The van der Waals surface area contributed by atoms with E-state index in [1.807, 2.05) is 26.0 Å². The van der Waals surface area contributed by atoms with Crippen LogP contribution in [0, 0.1) is 6.92 Å². The molecule has 1 N–H and O–H groups in total. The Morgan fingerprint density at radius 1 is 1.17 bits per heavy atom. The van der Waals surface area contributed by atoms with Crippen LogP contribution in [-0.4, -0.2) is 44.1 Å². The lowest BCUT2D eigenvalue weighted by Gasteiger charge is -2.52. The fourth-order valence-electron chi connectivity index (χ4n) is 5.08. The van der Waals surface area contributed by atoms with Gasteiger partial charge in [-0.15, -0.1) is 0 Å². The zero-order valence-corrected chi connectivity index (χ0v) is 17.4. The number of rotatable bonds is 6. The average molecular weight is 398 g/mol. The molecule has 6 nitrogen and oxygen atoms in total. The molecule has 156 valence electrons. The molecule has 2 saturated heterocycles. The number of benzene rings is 1. The van der Waals surface area contributed by atoms with Crippen LogP contribution in [0.2, 0.25) is 0 Å². The zero-order chi connectivity index (χ0) is 20.4. The van der Waals surface area contributed by atoms with Gasteiger partial charge in [-0.25, -0.2) is 4.68 Å². The van der Waals surface area contributed by atoms with E-state index >= 15 is 0 Å². The summed E-state index contributed by atoms with van der Waals surface area (Å²) < 4.78 is 7.26. The minimum absolute atomic E-state index is 0.151. The molecule has 2 aliphatic rings. The van der Waals surface area contributed by atoms with Gasteiger partial charge >= 0.3 is 0 Å². The predicted octanol–water partition coefficient (Wildman–Crippen LogP) is 2.90. The summed E-state index contributed by atoms with van der Waals surface area (Å²) in [6.45, 7) is 5.64. The Hall–Kier alpha value is -2.18. The maximum atomic E-state index is 12.2. The van der Waals surface area contributed by atoms with Crippen LogP contribution in [0.25, 0.3) is 0 Å². The van der Waals surface area contributed by atoms with Crippen LogP contribution in [0.15, 0.2) is 41.2 Å². The average Bonchev–Trinajstić information content (AvgIpc) is 2.67. The van der Waals surface area contributed by atoms with Crippen LogP contribution in [0.1, 0.15) is 50.3 Å². The van der Waals surface area contributed by atoms with E-state index in [9.17, 15) is 9.90 Å². The number of aryl methyl sites for hydroxylation is 1. The summed E-state index contributed by atoms with van der Waals surface area (Å²) in [7, 11) is 0. The Bertz CT molecular complexity index is 896. The number of aromatic nitrogens is 2. The van der Waals surface area contributed by atoms with Crippen molar-refractivity contribution >= 4 is 0 Å². The largest absolute Gasteiger partial charge is 0.494 e. The van der Waals surface area contributed by atoms with Gasteiger partial charge in [-0.1, -0.05) is 24.6 Å². The van der Waals surface area contributed by atoms with Crippen molar-refractivity contribution in [2.24, 2.45) is 0 Å². The number of para-hydroxylation sites is 1. The van der Waals surface area contributed by atoms with Crippen molar-refractivity contribution in [3.8, 4) is 5.75 Å². The van der Waals surface area contributed by atoms with E-state index in [0.29, 0.717) is 31.5 Å². The van der Waals surface area contributed by atoms with Gasteiger partial charge in [-0.3, -0.25) is 9.69 Å². The Balaban J connectivity index is 1.53. The van der Waals surface area contributed by atoms with E-state index in [4.69, 9.17) is 4.74 Å². The molecule has 6 heteroatoms. The number of hydrogen-bond acceptors (Lipinski definition) is 5. The van der Waals surface area contributed by atoms with Gasteiger partial charge < -0.3 is 9.84 Å². The van der Waals surface area contributed by atoms with Crippen molar-refractivity contribution in [1.29, 1.82) is 0 Å². The molecule has 29 heavy (non-hydrogen) atoms. The fraction of sp³-hybridized carbons (Fsp3) is 0.565. The standard InChI is InChI=1S/C23H31N3O3/c1-3-29-21-10-5-4-7-18(21)15-25-19-8-6-9-20(25)14-23(28,13-19)16-26-22(27)12-11-17(2)24-26/h4-5,7,10-12,19-20,28H,3,6,8-9,13-16H2,1-2H3. The minimum Gasteiger partial charge on any atom is -0.494 e. The lowest BCUT2D eigenvalue weighted by Crippen LogP contribution is -2.59. The summed E-state index contributed by atoms with van der Waals surface area (Å²) >= 11 is 0. The maximum Gasteiger partial charge on any atom is 0.266 e. The second-order valence-corrected chi connectivity index (χ2v) is 8.55. The highest BCUT2D eigenvalue weighted by Gasteiger charge is 2.46. The van der Waals surface area contributed by atoms with E-state index in [1.165, 1.54) is 22.7 Å². The highest BCUT2D eigenvalue weighted by molar-refractivity contribution is 5.33. The van der Waals surface area contributed by atoms with Gasteiger partial charge in [0, 0.05) is 30.3 Å². The van der Waals surface area contributed by atoms with Gasteiger partial charge in [-0.05, 0) is 51.7 Å². The molecule has 0 saturated carbocycles. The summed E-state index contributed by atoms with van der Waals surface area (Å²) in [6.07, 6.45) is 4.68. The third-order valence-electron chi connectivity index (χ3n) is 6.31. The summed E-state index contributed by atoms with van der Waals surface area (Å²) in [5.41, 5.74) is 0.949. The first-order chi connectivity index (χ1) is 14.0. The predicted molar refractivity (Wildman–Crippen MR) is 112 cm³/mol. The molecular formula is C23H31N3O3. The van der Waals surface area contributed by atoms with Crippen LogP contribution in [0.3, 0.4) is 0 Å². The van der Waals surface area contributed by atoms with Crippen LogP contribution >= 0.6 is 0 Å². The molecule has 2 atom stereocenters. The van der Waals surface area contributed by atoms with Crippen molar-refractivity contribution in [2.45, 2.75) is 76.7 Å². The topological polar surface area (TPSA) is 67.6 Å². The van der Waals surface area contributed by atoms with Gasteiger partial charge in [0.05, 0.1) is 24.4 Å². The monoisotopic (exact) mass is 397 g/mol. The van der Waals surface area contributed by atoms with E-state index in [-0.39, 0.29) is 12.1 Å². The number of piperidine rings is 2.